The Labute approximate surface area is 120 Å². The van der Waals surface area contributed by atoms with Gasteiger partial charge in [-0.3, -0.25) is 4.79 Å². The van der Waals surface area contributed by atoms with Crippen molar-refractivity contribution in [3.05, 3.63) is 30.3 Å². The number of benzene rings is 1. The number of nitrogens with two attached hydrogens (primary N) is 1. The molecule has 1 amide bonds. The van der Waals surface area contributed by atoms with Crippen LogP contribution in [0.2, 0.25) is 0 Å². The van der Waals surface area contributed by atoms with Crippen LogP contribution in [0.4, 0.5) is 0 Å². The number of carbonyl (C=O) groups excluding carboxylic acids is 1. The van der Waals surface area contributed by atoms with E-state index >= 15 is 0 Å². The molecule has 0 aromatic heterocycles. The Morgan fingerprint density at radius 1 is 1.35 bits per heavy atom. The van der Waals surface area contributed by atoms with Gasteiger partial charge in [0.25, 0.3) is 0 Å². The molecule has 1 atom stereocenters. The fraction of sp³-hybridized carbons (Fsp3) is 0.562. The molecule has 0 bridgehead atoms. The van der Waals surface area contributed by atoms with Gasteiger partial charge in [0.2, 0.25) is 5.91 Å². The monoisotopic (exact) mass is 276 g/mol. The molecule has 4 nitrogen and oxygen atoms in total. The second kappa shape index (κ2) is 7.29. The number of hydrogen-bond acceptors (Lipinski definition) is 3. The summed E-state index contributed by atoms with van der Waals surface area (Å²) in [6, 6.07) is 9.51. The van der Waals surface area contributed by atoms with Gasteiger partial charge in [-0.2, -0.15) is 0 Å². The highest BCUT2D eigenvalue weighted by molar-refractivity contribution is 5.81. The predicted octanol–water partition coefficient (Wildman–Crippen LogP) is 2.18. The first-order valence-corrected chi connectivity index (χ1v) is 7.46. The van der Waals surface area contributed by atoms with Crippen LogP contribution < -0.4 is 10.5 Å². The van der Waals surface area contributed by atoms with Crippen molar-refractivity contribution in [1.82, 2.24) is 4.90 Å². The maximum atomic E-state index is 12.1. The number of amides is 1. The fourth-order valence-corrected chi connectivity index (χ4v) is 2.55. The minimum Gasteiger partial charge on any atom is -0.490 e. The van der Waals surface area contributed by atoms with Gasteiger partial charge in [0, 0.05) is 25.9 Å². The van der Waals surface area contributed by atoms with Gasteiger partial charge >= 0.3 is 0 Å². The molecule has 2 rings (SSSR count). The van der Waals surface area contributed by atoms with E-state index in [9.17, 15) is 4.79 Å². The quantitative estimate of drug-likeness (QED) is 0.897. The summed E-state index contributed by atoms with van der Waals surface area (Å²) >= 11 is 0. The highest BCUT2D eigenvalue weighted by Gasteiger charge is 2.26. The van der Waals surface area contributed by atoms with Crippen LogP contribution in [-0.4, -0.2) is 36.0 Å². The molecule has 1 heterocycles. The van der Waals surface area contributed by atoms with Crippen LogP contribution >= 0.6 is 0 Å². The van der Waals surface area contributed by atoms with E-state index in [1.807, 2.05) is 42.2 Å². The van der Waals surface area contributed by atoms with Crippen LogP contribution in [0, 0.1) is 0 Å². The smallest absolute Gasteiger partial charge is 0.239 e. The molecular formula is C16H24N2O2. The van der Waals surface area contributed by atoms with Gasteiger partial charge in [-0.1, -0.05) is 31.5 Å². The zero-order valence-electron chi connectivity index (χ0n) is 12.1. The van der Waals surface area contributed by atoms with Crippen LogP contribution in [0.25, 0.3) is 0 Å². The summed E-state index contributed by atoms with van der Waals surface area (Å²) in [4.78, 5) is 14.0. The summed E-state index contributed by atoms with van der Waals surface area (Å²) in [6.45, 7) is 3.54. The van der Waals surface area contributed by atoms with Crippen molar-refractivity contribution in [2.24, 2.45) is 5.73 Å². The lowest BCUT2D eigenvalue weighted by Crippen LogP contribution is -2.48. The van der Waals surface area contributed by atoms with Crippen molar-refractivity contribution in [1.29, 1.82) is 0 Å². The molecule has 1 saturated heterocycles. The largest absolute Gasteiger partial charge is 0.490 e. The van der Waals surface area contributed by atoms with E-state index in [4.69, 9.17) is 10.5 Å². The molecule has 0 aliphatic carbocycles. The summed E-state index contributed by atoms with van der Waals surface area (Å²) in [5.41, 5.74) is 5.89. The number of piperidine rings is 1. The van der Waals surface area contributed by atoms with Gasteiger partial charge in [0.15, 0.2) is 0 Å². The maximum Gasteiger partial charge on any atom is 0.239 e. The number of ether oxygens (including phenoxy) is 1. The highest BCUT2D eigenvalue weighted by Crippen LogP contribution is 2.19. The summed E-state index contributed by atoms with van der Waals surface area (Å²) in [5, 5.41) is 0. The number of likely N-dealkylation sites (tertiary alicyclic amines) is 1. The van der Waals surface area contributed by atoms with Gasteiger partial charge in [-0.05, 0) is 18.6 Å². The molecule has 2 N–H and O–H groups in total. The fourth-order valence-electron chi connectivity index (χ4n) is 2.55. The zero-order valence-corrected chi connectivity index (χ0v) is 12.1. The lowest BCUT2D eigenvalue weighted by Gasteiger charge is -2.33. The van der Waals surface area contributed by atoms with E-state index in [1.165, 1.54) is 0 Å². The summed E-state index contributed by atoms with van der Waals surface area (Å²) in [5.74, 6) is 0.991. The Kier molecular flexibility index (Phi) is 5.41. The molecule has 1 aromatic rings. The Hall–Kier alpha value is -1.55. The summed E-state index contributed by atoms with van der Waals surface area (Å²) < 4.78 is 5.92. The third kappa shape index (κ3) is 3.97. The van der Waals surface area contributed by atoms with Crippen LogP contribution in [0.15, 0.2) is 30.3 Å². The zero-order chi connectivity index (χ0) is 14.4. The average Bonchev–Trinajstić information content (AvgIpc) is 2.48. The third-order valence-corrected chi connectivity index (χ3v) is 3.72. The Morgan fingerprint density at radius 3 is 2.60 bits per heavy atom. The number of para-hydroxylation sites is 1. The van der Waals surface area contributed by atoms with E-state index in [0.717, 1.165) is 44.5 Å². The van der Waals surface area contributed by atoms with E-state index in [2.05, 4.69) is 0 Å². The SMILES string of the molecule is CCC[C@H](N)C(=O)N1CCC(Oc2ccccc2)CC1. The second-order valence-electron chi connectivity index (χ2n) is 5.35. The molecule has 1 aliphatic heterocycles. The van der Waals surface area contributed by atoms with Gasteiger partial charge in [-0.15, -0.1) is 0 Å². The van der Waals surface area contributed by atoms with Gasteiger partial charge in [-0.25, -0.2) is 0 Å². The van der Waals surface area contributed by atoms with Crippen molar-refractivity contribution in [3.63, 3.8) is 0 Å². The maximum absolute atomic E-state index is 12.1. The first kappa shape index (κ1) is 14.9. The second-order valence-corrected chi connectivity index (χ2v) is 5.35. The first-order chi connectivity index (χ1) is 9.70. The summed E-state index contributed by atoms with van der Waals surface area (Å²) in [6.07, 6.45) is 3.66. The van der Waals surface area contributed by atoms with Crippen LogP contribution in [0.1, 0.15) is 32.6 Å². The molecule has 4 heteroatoms. The number of nitrogens with zero attached hydrogens (tertiary/aromatic N) is 1. The molecule has 1 aliphatic rings. The molecule has 1 aromatic carbocycles. The van der Waals surface area contributed by atoms with E-state index < -0.39 is 0 Å². The predicted molar refractivity (Wildman–Crippen MR) is 79.6 cm³/mol. The highest BCUT2D eigenvalue weighted by atomic mass is 16.5. The molecule has 110 valence electrons. The number of hydrogen-bond donors (Lipinski definition) is 1. The van der Waals surface area contributed by atoms with E-state index in [0.29, 0.717) is 0 Å². The lowest BCUT2D eigenvalue weighted by atomic mass is 10.1. The molecule has 0 radical (unpaired) electrons. The Bertz CT molecular complexity index is 414. The first-order valence-electron chi connectivity index (χ1n) is 7.46. The topological polar surface area (TPSA) is 55.6 Å². The van der Waals surface area contributed by atoms with Gasteiger partial charge in [0.1, 0.15) is 11.9 Å². The molecule has 0 unspecified atom stereocenters. The minimum absolute atomic E-state index is 0.0880. The minimum atomic E-state index is -0.341. The van der Waals surface area contributed by atoms with Gasteiger partial charge in [0.05, 0.1) is 6.04 Å². The Morgan fingerprint density at radius 2 is 2.00 bits per heavy atom. The van der Waals surface area contributed by atoms with Gasteiger partial charge < -0.3 is 15.4 Å². The molecule has 1 fully saturated rings. The average molecular weight is 276 g/mol. The van der Waals surface area contributed by atoms with Crippen LogP contribution in [0.5, 0.6) is 5.75 Å². The number of carbonyl (C=O) groups is 1. The molecule has 0 saturated carbocycles. The van der Waals surface area contributed by atoms with Crippen LogP contribution in [0.3, 0.4) is 0 Å². The van der Waals surface area contributed by atoms with Crippen molar-refractivity contribution >= 4 is 5.91 Å². The third-order valence-electron chi connectivity index (χ3n) is 3.72. The van der Waals surface area contributed by atoms with Crippen molar-refractivity contribution in [3.8, 4) is 5.75 Å². The Balaban J connectivity index is 1.79. The molecule has 0 spiro atoms. The van der Waals surface area contributed by atoms with Crippen LogP contribution in [-0.2, 0) is 4.79 Å². The van der Waals surface area contributed by atoms with Crippen molar-refractivity contribution < 1.29 is 9.53 Å². The standard InChI is InChI=1S/C16H24N2O2/c1-2-6-15(17)16(19)18-11-9-14(10-12-18)20-13-7-4-3-5-8-13/h3-5,7-8,14-15H,2,6,9-12,17H2,1H3/t15-/m0/s1. The summed E-state index contributed by atoms with van der Waals surface area (Å²) in [7, 11) is 0. The van der Waals surface area contributed by atoms with E-state index in [-0.39, 0.29) is 18.1 Å². The van der Waals surface area contributed by atoms with Crippen molar-refractivity contribution in [2.45, 2.75) is 44.8 Å². The molecule has 20 heavy (non-hydrogen) atoms. The van der Waals surface area contributed by atoms with E-state index in [1.54, 1.807) is 0 Å². The normalized spacial score (nSPS) is 17.8. The molecular weight excluding hydrogens is 252 g/mol. The lowest BCUT2D eigenvalue weighted by molar-refractivity contribution is -0.134. The van der Waals surface area contributed by atoms with Crippen molar-refractivity contribution in [2.75, 3.05) is 13.1 Å². The number of rotatable bonds is 5.